The van der Waals surface area contributed by atoms with Gasteiger partial charge >= 0.3 is 0 Å². The fourth-order valence-corrected chi connectivity index (χ4v) is 4.07. The molecule has 138 valence electrons. The second kappa shape index (κ2) is 9.09. The van der Waals surface area contributed by atoms with Gasteiger partial charge in [-0.2, -0.15) is 0 Å². The maximum atomic E-state index is 12.2. The number of thiazole rings is 1. The molecule has 0 unspecified atom stereocenters. The Hall–Kier alpha value is -1.56. The Morgan fingerprint density at radius 3 is 2.67 bits per heavy atom. The molecule has 0 bridgehead atoms. The Morgan fingerprint density at radius 2 is 2.00 bits per heavy atom. The molecular weight excluding hydrogens is 561 g/mol. The molecule has 0 aliphatic rings. The number of thiocarbonyl (C=S) groups is 1. The van der Waals surface area contributed by atoms with E-state index in [1.807, 2.05) is 35.7 Å². The van der Waals surface area contributed by atoms with Crippen LogP contribution in [0.15, 0.2) is 52.3 Å². The predicted octanol–water partition coefficient (Wildman–Crippen LogP) is 5.31. The van der Waals surface area contributed by atoms with Gasteiger partial charge in [-0.1, -0.05) is 0 Å². The van der Waals surface area contributed by atoms with Crippen LogP contribution in [0.1, 0.15) is 10.4 Å². The Kier molecular flexibility index (Phi) is 6.79. The largest absolute Gasteiger partial charge is 0.496 e. The number of amides is 1. The van der Waals surface area contributed by atoms with E-state index in [9.17, 15) is 4.79 Å². The van der Waals surface area contributed by atoms with Gasteiger partial charge in [0.1, 0.15) is 5.75 Å². The number of benzene rings is 2. The van der Waals surface area contributed by atoms with Crippen LogP contribution in [0.3, 0.4) is 0 Å². The third-order valence-electron chi connectivity index (χ3n) is 3.51. The quantitative estimate of drug-likeness (QED) is 0.327. The number of nitrogens with zero attached hydrogens (tertiary/aromatic N) is 1. The van der Waals surface area contributed by atoms with Crippen molar-refractivity contribution in [2.45, 2.75) is 0 Å². The first kappa shape index (κ1) is 20.2. The maximum Gasteiger partial charge on any atom is 0.257 e. The number of nitrogens with one attached hydrogen (secondary N) is 2. The van der Waals surface area contributed by atoms with Crippen molar-refractivity contribution in [3.8, 4) is 17.0 Å². The van der Waals surface area contributed by atoms with E-state index in [1.165, 1.54) is 11.3 Å². The molecule has 0 saturated carbocycles. The molecular formula is C18H13BrIN3O2S2. The fraction of sp³-hybridized carbons (Fsp3) is 0.0556. The lowest BCUT2D eigenvalue weighted by Crippen LogP contribution is -2.34. The zero-order valence-electron chi connectivity index (χ0n) is 14.0. The molecule has 0 aliphatic heterocycles. The molecule has 0 atom stereocenters. The first-order valence-corrected chi connectivity index (χ1v) is 10.8. The van der Waals surface area contributed by atoms with Gasteiger partial charge < -0.3 is 10.1 Å². The zero-order chi connectivity index (χ0) is 19.4. The van der Waals surface area contributed by atoms with Gasteiger partial charge in [-0.3, -0.25) is 10.1 Å². The number of ether oxygens (including phenoxy) is 1. The zero-order valence-corrected chi connectivity index (χ0v) is 19.3. The molecule has 0 saturated heterocycles. The number of halogens is 2. The summed E-state index contributed by atoms with van der Waals surface area (Å²) in [4.78, 5) is 16.7. The molecule has 2 N–H and O–H groups in total. The monoisotopic (exact) mass is 573 g/mol. The van der Waals surface area contributed by atoms with Crippen molar-refractivity contribution >= 4 is 78.2 Å². The highest BCUT2D eigenvalue weighted by atomic mass is 127. The number of aromatic nitrogens is 1. The third-order valence-corrected chi connectivity index (χ3v) is 5.81. The van der Waals surface area contributed by atoms with Gasteiger partial charge in [0.05, 0.1) is 17.3 Å². The summed E-state index contributed by atoms with van der Waals surface area (Å²) in [6.45, 7) is 0. The second-order valence-electron chi connectivity index (χ2n) is 5.30. The van der Waals surface area contributed by atoms with Crippen LogP contribution < -0.4 is 15.4 Å². The number of methoxy groups -OCH3 is 1. The van der Waals surface area contributed by atoms with Gasteiger partial charge in [0.25, 0.3) is 5.91 Å². The van der Waals surface area contributed by atoms with Gasteiger partial charge in [0, 0.05) is 20.1 Å². The van der Waals surface area contributed by atoms with E-state index < -0.39 is 0 Å². The molecule has 1 amide bonds. The standard InChI is InChI=1S/C18H13BrIN3O2S2/c1-25-15-7-4-11(8-13(15)19)14-9-27-18(21-14)23-17(26)22-16(24)10-2-5-12(20)6-3-10/h2-9H,1H3,(H2,21,22,23,24,26). The van der Waals surface area contributed by atoms with Crippen LogP contribution in [0.4, 0.5) is 5.13 Å². The van der Waals surface area contributed by atoms with Crippen molar-refractivity contribution in [2.75, 3.05) is 12.4 Å². The van der Waals surface area contributed by atoms with Crippen molar-refractivity contribution < 1.29 is 9.53 Å². The molecule has 1 aromatic heterocycles. The van der Waals surface area contributed by atoms with Crippen LogP contribution in [0.2, 0.25) is 0 Å². The Morgan fingerprint density at radius 1 is 1.26 bits per heavy atom. The molecule has 1 heterocycles. The summed E-state index contributed by atoms with van der Waals surface area (Å²) in [5.41, 5.74) is 2.29. The molecule has 2 aromatic carbocycles. The van der Waals surface area contributed by atoms with Crippen molar-refractivity contribution in [3.05, 3.63) is 61.5 Å². The van der Waals surface area contributed by atoms with E-state index in [2.05, 4.69) is 54.1 Å². The number of anilines is 1. The Bertz CT molecular complexity index is 993. The third kappa shape index (κ3) is 5.24. The molecule has 0 radical (unpaired) electrons. The first-order chi connectivity index (χ1) is 13.0. The summed E-state index contributed by atoms with van der Waals surface area (Å²) < 4.78 is 7.15. The van der Waals surface area contributed by atoms with Gasteiger partial charge in [-0.15, -0.1) is 11.3 Å². The average molecular weight is 574 g/mol. The average Bonchev–Trinajstić information content (AvgIpc) is 3.10. The van der Waals surface area contributed by atoms with Crippen LogP contribution in [-0.2, 0) is 0 Å². The molecule has 27 heavy (non-hydrogen) atoms. The predicted molar refractivity (Wildman–Crippen MR) is 125 cm³/mol. The van der Waals surface area contributed by atoms with Crippen molar-refractivity contribution in [3.63, 3.8) is 0 Å². The van der Waals surface area contributed by atoms with Gasteiger partial charge in [0.15, 0.2) is 10.2 Å². The van der Waals surface area contributed by atoms with Crippen LogP contribution in [-0.4, -0.2) is 23.1 Å². The molecule has 0 fully saturated rings. The van der Waals surface area contributed by atoms with E-state index in [0.29, 0.717) is 10.7 Å². The van der Waals surface area contributed by atoms with Gasteiger partial charge in [0.2, 0.25) is 0 Å². The minimum absolute atomic E-state index is 0.204. The van der Waals surface area contributed by atoms with Gasteiger partial charge in [-0.25, -0.2) is 4.98 Å². The van der Waals surface area contributed by atoms with Crippen molar-refractivity contribution in [1.82, 2.24) is 10.3 Å². The smallest absolute Gasteiger partial charge is 0.257 e. The van der Waals surface area contributed by atoms with E-state index in [0.717, 1.165) is 25.0 Å². The van der Waals surface area contributed by atoms with Crippen molar-refractivity contribution in [2.24, 2.45) is 0 Å². The number of carbonyl (C=O) groups excluding carboxylic acids is 1. The normalized spacial score (nSPS) is 10.3. The number of hydrogen-bond acceptors (Lipinski definition) is 5. The summed E-state index contributed by atoms with van der Waals surface area (Å²) in [6, 6.07) is 13.0. The van der Waals surface area contributed by atoms with Crippen LogP contribution >= 0.6 is 62.1 Å². The first-order valence-electron chi connectivity index (χ1n) is 7.63. The van der Waals surface area contributed by atoms with Crippen molar-refractivity contribution in [1.29, 1.82) is 0 Å². The van der Waals surface area contributed by atoms with Crippen LogP contribution in [0.5, 0.6) is 5.75 Å². The lowest BCUT2D eigenvalue weighted by Gasteiger charge is -2.07. The summed E-state index contributed by atoms with van der Waals surface area (Å²) in [7, 11) is 1.62. The molecule has 0 aliphatic carbocycles. The maximum absolute atomic E-state index is 12.2. The summed E-state index contributed by atoms with van der Waals surface area (Å²) in [5, 5.41) is 8.33. The summed E-state index contributed by atoms with van der Waals surface area (Å²) >= 11 is 12.3. The summed E-state index contributed by atoms with van der Waals surface area (Å²) in [5.74, 6) is 0.492. The highest BCUT2D eigenvalue weighted by Gasteiger charge is 2.11. The fourth-order valence-electron chi connectivity index (χ4n) is 2.19. The molecule has 0 spiro atoms. The van der Waals surface area contributed by atoms with E-state index >= 15 is 0 Å². The molecule has 3 rings (SSSR count). The Labute approximate surface area is 187 Å². The van der Waals surface area contributed by atoms with E-state index in [-0.39, 0.29) is 11.0 Å². The number of rotatable bonds is 4. The lowest BCUT2D eigenvalue weighted by molar-refractivity contribution is 0.0977. The highest BCUT2D eigenvalue weighted by Crippen LogP contribution is 2.32. The van der Waals surface area contributed by atoms with E-state index in [4.69, 9.17) is 17.0 Å². The van der Waals surface area contributed by atoms with E-state index in [1.54, 1.807) is 19.2 Å². The molecule has 3 aromatic rings. The number of hydrogen-bond donors (Lipinski definition) is 2. The second-order valence-corrected chi connectivity index (χ2v) is 8.67. The van der Waals surface area contributed by atoms with Crippen LogP contribution in [0, 0.1) is 3.57 Å². The van der Waals surface area contributed by atoms with Gasteiger partial charge in [-0.05, 0) is 93.2 Å². The number of carbonyl (C=O) groups is 1. The highest BCUT2D eigenvalue weighted by molar-refractivity contribution is 14.1. The summed E-state index contributed by atoms with van der Waals surface area (Å²) in [6.07, 6.45) is 0. The molecule has 9 heteroatoms. The minimum Gasteiger partial charge on any atom is -0.496 e. The topological polar surface area (TPSA) is 63.2 Å². The Balaban J connectivity index is 1.65. The molecule has 5 nitrogen and oxygen atoms in total. The SMILES string of the molecule is COc1ccc(-c2csc(NC(=S)NC(=O)c3ccc(I)cc3)n2)cc1Br. The van der Waals surface area contributed by atoms with Crippen LogP contribution in [0.25, 0.3) is 11.3 Å². The lowest BCUT2D eigenvalue weighted by atomic mass is 10.2. The minimum atomic E-state index is -0.264.